The number of ether oxygens (including phenoxy) is 3. The number of hydrogen-bond donors (Lipinski definition) is 0. The molecule has 22 heavy (non-hydrogen) atoms. The Hall–Kier alpha value is -0.450. The Morgan fingerprint density at radius 1 is 0.636 bits per heavy atom. The highest BCUT2D eigenvalue weighted by molar-refractivity contribution is 5.75. The first-order valence-electron chi connectivity index (χ1n) is 8.91. The monoisotopic (exact) mass is 318 g/mol. The van der Waals surface area contributed by atoms with Crippen LogP contribution in [0.25, 0.3) is 0 Å². The standard InChI is InChI=1S/C12H26O3.C6H12O/c1-3-5-7-13-9-11-15-12-10-14-8-6-4-2;1-3-4-5-6(2)7/h3-12H2,1-2H3;3-5H2,1-2H3. The molecule has 134 valence electrons. The summed E-state index contributed by atoms with van der Waals surface area (Å²) in [6.45, 7) is 12.5. The highest BCUT2D eigenvalue weighted by atomic mass is 16.5. The van der Waals surface area contributed by atoms with E-state index in [9.17, 15) is 4.79 Å². The fourth-order valence-corrected chi connectivity index (χ4v) is 1.46. The molecule has 0 radical (unpaired) electrons. The van der Waals surface area contributed by atoms with Crippen molar-refractivity contribution in [1.82, 2.24) is 0 Å². The zero-order chi connectivity index (χ0) is 16.9. The van der Waals surface area contributed by atoms with Crippen LogP contribution in [0.2, 0.25) is 0 Å². The van der Waals surface area contributed by atoms with Gasteiger partial charge in [0.1, 0.15) is 5.78 Å². The van der Waals surface area contributed by atoms with Crippen molar-refractivity contribution in [1.29, 1.82) is 0 Å². The van der Waals surface area contributed by atoms with Crippen molar-refractivity contribution in [2.45, 2.75) is 72.6 Å². The third-order valence-corrected chi connectivity index (χ3v) is 2.91. The fraction of sp³-hybridized carbons (Fsp3) is 0.944. The lowest BCUT2D eigenvalue weighted by Gasteiger charge is -2.06. The van der Waals surface area contributed by atoms with Gasteiger partial charge in [-0.1, -0.05) is 40.0 Å². The van der Waals surface area contributed by atoms with Crippen LogP contribution in [0.15, 0.2) is 0 Å². The van der Waals surface area contributed by atoms with Crippen molar-refractivity contribution in [2.75, 3.05) is 39.6 Å². The Kier molecular flexibility index (Phi) is 24.7. The predicted molar refractivity (Wildman–Crippen MR) is 92.5 cm³/mol. The van der Waals surface area contributed by atoms with Gasteiger partial charge in [-0.2, -0.15) is 0 Å². The lowest BCUT2D eigenvalue weighted by Crippen LogP contribution is -2.10. The number of carbonyl (C=O) groups excluding carboxylic acids is 1. The van der Waals surface area contributed by atoms with Gasteiger partial charge in [0.2, 0.25) is 0 Å². The van der Waals surface area contributed by atoms with Crippen molar-refractivity contribution < 1.29 is 19.0 Å². The highest BCUT2D eigenvalue weighted by Crippen LogP contribution is 1.92. The SMILES string of the molecule is CCCCC(C)=O.CCCCOCCOCCOCCCC. The van der Waals surface area contributed by atoms with Gasteiger partial charge in [0, 0.05) is 19.6 Å². The van der Waals surface area contributed by atoms with Crippen LogP contribution in [-0.4, -0.2) is 45.4 Å². The van der Waals surface area contributed by atoms with E-state index in [1.165, 1.54) is 12.8 Å². The summed E-state index contributed by atoms with van der Waals surface area (Å²) in [7, 11) is 0. The molecule has 0 rings (SSSR count). The zero-order valence-electron chi connectivity index (χ0n) is 15.3. The molecule has 0 heterocycles. The molecule has 0 aliphatic carbocycles. The molecule has 0 bridgehead atoms. The molecule has 0 aromatic carbocycles. The molecule has 0 aliphatic heterocycles. The quantitative estimate of drug-likeness (QED) is 0.420. The normalized spacial score (nSPS) is 10.2. The van der Waals surface area contributed by atoms with Gasteiger partial charge in [-0.3, -0.25) is 0 Å². The van der Waals surface area contributed by atoms with Crippen LogP contribution in [0, 0.1) is 0 Å². The van der Waals surface area contributed by atoms with E-state index in [-0.39, 0.29) is 0 Å². The number of carbonyl (C=O) groups is 1. The number of Topliss-reactive ketones (excluding diaryl/α,β-unsaturated/α-hetero) is 1. The zero-order valence-corrected chi connectivity index (χ0v) is 15.3. The molecule has 0 N–H and O–H groups in total. The fourth-order valence-electron chi connectivity index (χ4n) is 1.46. The first-order valence-corrected chi connectivity index (χ1v) is 8.91. The van der Waals surface area contributed by atoms with Crippen LogP contribution in [0.1, 0.15) is 72.6 Å². The van der Waals surface area contributed by atoms with Crippen LogP contribution in [0.4, 0.5) is 0 Å². The molecule has 0 spiro atoms. The van der Waals surface area contributed by atoms with Crippen LogP contribution < -0.4 is 0 Å². The van der Waals surface area contributed by atoms with E-state index in [4.69, 9.17) is 14.2 Å². The Bertz CT molecular complexity index is 195. The summed E-state index contributed by atoms with van der Waals surface area (Å²) >= 11 is 0. The molecule has 4 heteroatoms. The van der Waals surface area contributed by atoms with Crippen LogP contribution >= 0.6 is 0 Å². The maximum atomic E-state index is 10.2. The third kappa shape index (κ3) is 27.8. The first kappa shape index (κ1) is 23.8. The van der Waals surface area contributed by atoms with Crippen LogP contribution in [0.5, 0.6) is 0 Å². The van der Waals surface area contributed by atoms with Gasteiger partial charge < -0.3 is 19.0 Å². The molecule has 0 aromatic rings. The molecule has 0 saturated carbocycles. The molecule has 4 nitrogen and oxygen atoms in total. The topological polar surface area (TPSA) is 44.8 Å². The van der Waals surface area contributed by atoms with Crippen LogP contribution in [-0.2, 0) is 19.0 Å². The smallest absolute Gasteiger partial charge is 0.129 e. The van der Waals surface area contributed by atoms with Crippen molar-refractivity contribution in [3.63, 3.8) is 0 Å². The van der Waals surface area contributed by atoms with Gasteiger partial charge >= 0.3 is 0 Å². The minimum atomic E-state index is 0.307. The third-order valence-electron chi connectivity index (χ3n) is 2.91. The molecule has 0 saturated heterocycles. The van der Waals surface area contributed by atoms with Crippen LogP contribution in [0.3, 0.4) is 0 Å². The summed E-state index contributed by atoms with van der Waals surface area (Å²) in [5.74, 6) is 0.307. The predicted octanol–water partition coefficient (Wildman–Crippen LogP) is 4.40. The van der Waals surface area contributed by atoms with Gasteiger partial charge in [0.25, 0.3) is 0 Å². The van der Waals surface area contributed by atoms with Crippen molar-refractivity contribution in [3.8, 4) is 0 Å². The number of unbranched alkanes of at least 4 members (excludes halogenated alkanes) is 3. The van der Waals surface area contributed by atoms with E-state index in [1.807, 2.05) is 0 Å². The number of rotatable bonds is 15. The van der Waals surface area contributed by atoms with E-state index in [0.717, 1.165) is 45.3 Å². The Labute approximate surface area is 137 Å². The Morgan fingerprint density at radius 3 is 1.27 bits per heavy atom. The summed E-state index contributed by atoms with van der Waals surface area (Å²) in [6.07, 6.45) is 7.59. The summed E-state index contributed by atoms with van der Waals surface area (Å²) in [5, 5.41) is 0. The molecular formula is C18H38O4. The van der Waals surface area contributed by atoms with Crippen molar-refractivity contribution in [3.05, 3.63) is 0 Å². The average molecular weight is 318 g/mol. The molecule has 0 aliphatic rings. The second kappa shape index (κ2) is 22.8. The van der Waals surface area contributed by atoms with Crippen molar-refractivity contribution >= 4 is 5.78 Å². The Morgan fingerprint density at radius 2 is 1.00 bits per heavy atom. The number of ketones is 1. The summed E-state index contributed by atoms with van der Waals surface area (Å²) in [4.78, 5) is 10.2. The lowest BCUT2D eigenvalue weighted by atomic mass is 10.2. The summed E-state index contributed by atoms with van der Waals surface area (Å²) in [5.41, 5.74) is 0. The van der Waals surface area contributed by atoms with Crippen molar-refractivity contribution in [2.24, 2.45) is 0 Å². The first-order chi connectivity index (χ1) is 10.7. The summed E-state index contributed by atoms with van der Waals surface area (Å²) < 4.78 is 16.1. The van der Waals surface area contributed by atoms with Gasteiger partial charge in [0.05, 0.1) is 26.4 Å². The Balaban J connectivity index is 0. The molecule has 0 unspecified atom stereocenters. The molecule has 0 atom stereocenters. The second-order valence-corrected chi connectivity index (χ2v) is 5.35. The molecular weight excluding hydrogens is 280 g/mol. The average Bonchev–Trinajstić information content (AvgIpc) is 2.51. The van der Waals surface area contributed by atoms with Gasteiger partial charge in [0.15, 0.2) is 0 Å². The summed E-state index contributed by atoms with van der Waals surface area (Å²) in [6, 6.07) is 0. The second-order valence-electron chi connectivity index (χ2n) is 5.35. The number of hydrogen-bond acceptors (Lipinski definition) is 4. The van der Waals surface area contributed by atoms with E-state index < -0.39 is 0 Å². The van der Waals surface area contributed by atoms with E-state index >= 15 is 0 Å². The van der Waals surface area contributed by atoms with Gasteiger partial charge in [-0.15, -0.1) is 0 Å². The van der Waals surface area contributed by atoms with E-state index in [0.29, 0.717) is 32.2 Å². The molecule has 0 aromatic heterocycles. The van der Waals surface area contributed by atoms with E-state index in [2.05, 4.69) is 20.8 Å². The maximum Gasteiger partial charge on any atom is 0.129 e. The minimum absolute atomic E-state index is 0.307. The maximum absolute atomic E-state index is 10.2. The largest absolute Gasteiger partial charge is 0.379 e. The minimum Gasteiger partial charge on any atom is -0.379 e. The van der Waals surface area contributed by atoms with Gasteiger partial charge in [-0.05, 0) is 26.2 Å². The molecule has 0 amide bonds. The lowest BCUT2D eigenvalue weighted by molar-refractivity contribution is -0.117. The highest BCUT2D eigenvalue weighted by Gasteiger charge is 1.91. The molecule has 0 fully saturated rings. The van der Waals surface area contributed by atoms with Gasteiger partial charge in [-0.25, -0.2) is 0 Å². The van der Waals surface area contributed by atoms with E-state index in [1.54, 1.807) is 6.92 Å².